The summed E-state index contributed by atoms with van der Waals surface area (Å²) in [5, 5.41) is 12.8. The molecule has 6 nitrogen and oxygen atoms in total. The first-order chi connectivity index (χ1) is 15.9. The van der Waals surface area contributed by atoms with Gasteiger partial charge in [-0.2, -0.15) is 0 Å². The minimum Gasteiger partial charge on any atom is -0.495 e. The maximum absolute atomic E-state index is 13.2. The molecule has 0 bridgehead atoms. The fraction of sp³-hybridized carbons (Fsp3) is 0.222. The Morgan fingerprint density at radius 1 is 0.939 bits per heavy atom. The van der Waals surface area contributed by atoms with Crippen LogP contribution in [0.25, 0.3) is 0 Å². The van der Waals surface area contributed by atoms with Crippen LogP contribution in [-0.2, 0) is 28.9 Å². The van der Waals surface area contributed by atoms with E-state index in [1.807, 2.05) is 54.6 Å². The van der Waals surface area contributed by atoms with Gasteiger partial charge in [0.15, 0.2) is 5.78 Å². The molecule has 0 saturated carbocycles. The van der Waals surface area contributed by atoms with Crippen LogP contribution in [0.15, 0.2) is 72.8 Å². The lowest BCUT2D eigenvalue weighted by atomic mass is 9.79. The van der Waals surface area contributed by atoms with Crippen molar-refractivity contribution in [3.8, 4) is 5.75 Å². The zero-order valence-corrected chi connectivity index (χ0v) is 18.3. The number of carbonyl (C=O) groups excluding carboxylic acids is 2. The highest BCUT2D eigenvalue weighted by Gasteiger charge is 2.45. The Hall–Kier alpha value is -3.93. The van der Waals surface area contributed by atoms with E-state index in [0.717, 1.165) is 16.7 Å². The minimum atomic E-state index is -1.17. The zero-order valence-electron chi connectivity index (χ0n) is 18.3. The molecule has 1 amide bonds. The maximum Gasteiger partial charge on any atom is 0.310 e. The smallest absolute Gasteiger partial charge is 0.310 e. The molecular weight excluding hydrogens is 418 g/mol. The van der Waals surface area contributed by atoms with Gasteiger partial charge < -0.3 is 15.2 Å². The number of Topliss-reactive ketones (excluding diaryl/α,β-unsaturated/α-hetero) is 1. The molecule has 0 aromatic heterocycles. The molecule has 6 heteroatoms. The summed E-state index contributed by atoms with van der Waals surface area (Å²) in [4.78, 5) is 37.9. The average Bonchev–Trinajstić information content (AvgIpc) is 3.19. The van der Waals surface area contributed by atoms with Gasteiger partial charge in [0.05, 0.1) is 24.6 Å². The number of benzene rings is 3. The number of hydrogen-bond donors (Lipinski definition) is 2. The Kier molecular flexibility index (Phi) is 6.27. The van der Waals surface area contributed by atoms with Crippen LogP contribution in [0, 0.1) is 5.41 Å². The number of hydrogen-bond acceptors (Lipinski definition) is 4. The normalized spacial score (nSPS) is 13.7. The Balaban J connectivity index is 1.53. The molecule has 1 aliphatic carbocycles. The largest absolute Gasteiger partial charge is 0.495 e. The number of anilines is 1. The molecule has 3 aromatic rings. The summed E-state index contributed by atoms with van der Waals surface area (Å²) in [6.45, 7) is 0. The Morgan fingerprint density at radius 2 is 1.58 bits per heavy atom. The van der Waals surface area contributed by atoms with E-state index in [0.29, 0.717) is 29.8 Å². The quantitative estimate of drug-likeness (QED) is 0.506. The molecule has 33 heavy (non-hydrogen) atoms. The molecule has 0 radical (unpaired) electrons. The zero-order chi connectivity index (χ0) is 23.4. The van der Waals surface area contributed by atoms with Gasteiger partial charge in [-0.3, -0.25) is 14.4 Å². The molecule has 0 aliphatic heterocycles. The number of carboxylic acids is 1. The summed E-state index contributed by atoms with van der Waals surface area (Å²) in [5.41, 5.74) is 2.35. The number of ketones is 1. The van der Waals surface area contributed by atoms with E-state index in [1.165, 1.54) is 7.11 Å². The number of aliphatic carboxylic acids is 1. The van der Waals surface area contributed by atoms with Crippen molar-refractivity contribution in [1.82, 2.24) is 0 Å². The van der Waals surface area contributed by atoms with Crippen LogP contribution in [0.2, 0.25) is 0 Å². The average molecular weight is 443 g/mol. The Labute approximate surface area is 192 Å². The van der Waals surface area contributed by atoms with Crippen LogP contribution in [0.4, 0.5) is 5.69 Å². The van der Waals surface area contributed by atoms with E-state index in [4.69, 9.17) is 4.74 Å². The third kappa shape index (κ3) is 4.80. The number of nitrogens with one attached hydrogen (secondary N) is 1. The topological polar surface area (TPSA) is 92.7 Å². The molecule has 1 aliphatic rings. The molecule has 0 saturated heterocycles. The number of ether oxygens (including phenoxy) is 1. The Bertz CT molecular complexity index is 1180. The third-order valence-electron chi connectivity index (χ3n) is 6.13. The van der Waals surface area contributed by atoms with Crippen LogP contribution in [0.5, 0.6) is 5.75 Å². The number of carbonyl (C=O) groups is 3. The van der Waals surface area contributed by atoms with Crippen LogP contribution < -0.4 is 10.1 Å². The number of fused-ring (bicyclic) bond motifs is 1. The predicted molar refractivity (Wildman–Crippen MR) is 125 cm³/mol. The van der Waals surface area contributed by atoms with E-state index >= 15 is 0 Å². The van der Waals surface area contributed by atoms with Gasteiger partial charge in [0, 0.05) is 12.0 Å². The summed E-state index contributed by atoms with van der Waals surface area (Å²) in [5.74, 6) is -1.07. The van der Waals surface area contributed by atoms with Crippen LogP contribution in [-0.4, -0.2) is 29.9 Å². The molecule has 2 N–H and O–H groups in total. The highest BCUT2D eigenvalue weighted by atomic mass is 16.5. The molecule has 0 unspecified atom stereocenters. The highest BCUT2D eigenvalue weighted by Crippen LogP contribution is 2.41. The fourth-order valence-electron chi connectivity index (χ4n) is 4.41. The van der Waals surface area contributed by atoms with Gasteiger partial charge in [0.25, 0.3) is 0 Å². The third-order valence-corrected chi connectivity index (χ3v) is 6.13. The second-order valence-electron chi connectivity index (χ2n) is 8.43. The lowest BCUT2D eigenvalue weighted by Crippen LogP contribution is -2.34. The van der Waals surface area contributed by atoms with Gasteiger partial charge in [-0.25, -0.2) is 0 Å². The fourth-order valence-corrected chi connectivity index (χ4v) is 4.41. The number of rotatable bonds is 8. The number of methoxy groups -OCH3 is 1. The van der Waals surface area contributed by atoms with E-state index in [1.54, 1.807) is 18.2 Å². The predicted octanol–water partition coefficient (Wildman–Crippen LogP) is 4.32. The van der Waals surface area contributed by atoms with Gasteiger partial charge in [0.2, 0.25) is 5.91 Å². The van der Waals surface area contributed by atoms with Crippen molar-refractivity contribution in [2.45, 2.75) is 25.7 Å². The first-order valence-corrected chi connectivity index (χ1v) is 10.8. The van der Waals surface area contributed by atoms with E-state index < -0.39 is 11.4 Å². The lowest BCUT2D eigenvalue weighted by Gasteiger charge is -2.23. The van der Waals surface area contributed by atoms with Gasteiger partial charge >= 0.3 is 5.97 Å². The van der Waals surface area contributed by atoms with Crippen LogP contribution in [0.1, 0.15) is 33.5 Å². The minimum absolute atomic E-state index is 0.124. The highest BCUT2D eigenvalue weighted by molar-refractivity contribution is 6.02. The molecule has 0 atom stereocenters. The van der Waals surface area contributed by atoms with Crippen molar-refractivity contribution >= 4 is 23.3 Å². The van der Waals surface area contributed by atoms with E-state index in [9.17, 15) is 19.5 Å². The molecule has 3 aromatic carbocycles. The first kappa shape index (κ1) is 22.3. The van der Waals surface area contributed by atoms with Gasteiger partial charge in [-0.1, -0.05) is 54.6 Å². The molecule has 4 rings (SSSR count). The SMILES string of the molecule is COc1ccc(C(=O)CC2(C(=O)O)Cc3ccccc3C2)cc1NC(=O)Cc1ccccc1. The molecule has 0 heterocycles. The first-order valence-electron chi connectivity index (χ1n) is 10.8. The van der Waals surface area contributed by atoms with Gasteiger partial charge in [-0.05, 0) is 47.7 Å². The summed E-state index contributed by atoms with van der Waals surface area (Å²) in [6.07, 6.45) is 0.700. The van der Waals surface area contributed by atoms with Gasteiger partial charge in [0.1, 0.15) is 5.75 Å². The summed E-state index contributed by atoms with van der Waals surface area (Å²) >= 11 is 0. The second-order valence-corrected chi connectivity index (χ2v) is 8.43. The van der Waals surface area contributed by atoms with Crippen molar-refractivity contribution in [3.63, 3.8) is 0 Å². The monoisotopic (exact) mass is 443 g/mol. The van der Waals surface area contributed by atoms with Crippen molar-refractivity contribution in [3.05, 3.63) is 95.1 Å². The molecule has 168 valence electrons. The molecule has 0 spiro atoms. The van der Waals surface area contributed by atoms with Crippen LogP contribution in [0.3, 0.4) is 0 Å². The summed E-state index contributed by atoms with van der Waals surface area (Å²) in [6, 6.07) is 21.7. The van der Waals surface area contributed by atoms with Crippen LogP contribution >= 0.6 is 0 Å². The lowest BCUT2D eigenvalue weighted by molar-refractivity contribution is -0.148. The van der Waals surface area contributed by atoms with Crippen molar-refractivity contribution < 1.29 is 24.2 Å². The van der Waals surface area contributed by atoms with Crippen molar-refractivity contribution in [1.29, 1.82) is 0 Å². The molecule has 0 fully saturated rings. The number of carboxylic acid groups (broad SMARTS) is 1. The standard InChI is InChI=1S/C27H25NO5/c1-33-24-12-11-19(14-22(24)28-25(30)13-18-7-3-2-4-8-18)23(29)17-27(26(31)32)15-20-9-5-6-10-21(20)16-27/h2-12,14H,13,15-17H2,1H3,(H,28,30)(H,31,32). The summed E-state index contributed by atoms with van der Waals surface area (Å²) in [7, 11) is 1.48. The summed E-state index contributed by atoms with van der Waals surface area (Å²) < 4.78 is 5.34. The van der Waals surface area contributed by atoms with Crippen molar-refractivity contribution in [2.75, 3.05) is 12.4 Å². The van der Waals surface area contributed by atoms with E-state index in [-0.39, 0.29) is 24.5 Å². The second kappa shape index (κ2) is 9.28. The Morgan fingerprint density at radius 3 is 2.18 bits per heavy atom. The van der Waals surface area contributed by atoms with E-state index in [2.05, 4.69) is 5.32 Å². The van der Waals surface area contributed by atoms with Gasteiger partial charge in [-0.15, -0.1) is 0 Å². The number of amides is 1. The van der Waals surface area contributed by atoms with Crippen molar-refractivity contribution in [2.24, 2.45) is 5.41 Å². The maximum atomic E-state index is 13.2. The molecular formula is C27H25NO5.